The number of nitrogens with zero attached hydrogens (tertiary/aromatic N) is 2. The van der Waals surface area contributed by atoms with Crippen LogP contribution in [-0.4, -0.2) is 10.7 Å². The third-order valence-electron chi connectivity index (χ3n) is 2.91. The van der Waals surface area contributed by atoms with Gasteiger partial charge in [0.25, 0.3) is 0 Å². The number of nitrogens with one attached hydrogen (secondary N) is 1. The van der Waals surface area contributed by atoms with Crippen molar-refractivity contribution in [2.75, 3.05) is 5.43 Å². The van der Waals surface area contributed by atoms with Gasteiger partial charge in [-0.2, -0.15) is 5.10 Å². The molecule has 1 heterocycles. The SMILES string of the molecule is CCCC/C(=N/Nc1ccccn1)c1ccc(F)cc1. The molecule has 0 fully saturated rings. The van der Waals surface area contributed by atoms with E-state index < -0.39 is 0 Å². The number of hydrogen-bond donors (Lipinski definition) is 1. The molecule has 0 aliphatic carbocycles. The lowest BCUT2D eigenvalue weighted by Gasteiger charge is -2.07. The zero-order valence-corrected chi connectivity index (χ0v) is 11.5. The van der Waals surface area contributed by atoms with Crippen LogP contribution in [0.5, 0.6) is 0 Å². The number of unbranched alkanes of at least 4 members (excludes halogenated alkanes) is 1. The number of benzene rings is 1. The molecule has 2 rings (SSSR count). The van der Waals surface area contributed by atoms with Crippen LogP contribution >= 0.6 is 0 Å². The van der Waals surface area contributed by atoms with Crippen molar-refractivity contribution in [2.24, 2.45) is 5.10 Å². The van der Waals surface area contributed by atoms with E-state index in [1.807, 2.05) is 18.2 Å². The van der Waals surface area contributed by atoms with Crippen LogP contribution in [-0.2, 0) is 0 Å². The maximum absolute atomic E-state index is 13.0. The normalized spacial score (nSPS) is 11.4. The third-order valence-corrected chi connectivity index (χ3v) is 2.91. The van der Waals surface area contributed by atoms with Crippen molar-refractivity contribution in [2.45, 2.75) is 26.2 Å². The van der Waals surface area contributed by atoms with Gasteiger partial charge in [-0.3, -0.25) is 5.43 Å². The molecule has 0 aliphatic rings. The van der Waals surface area contributed by atoms with Gasteiger partial charge in [-0.05, 0) is 42.7 Å². The first kappa shape index (κ1) is 14.2. The van der Waals surface area contributed by atoms with E-state index in [1.165, 1.54) is 12.1 Å². The van der Waals surface area contributed by atoms with Gasteiger partial charge < -0.3 is 0 Å². The summed E-state index contributed by atoms with van der Waals surface area (Å²) in [4.78, 5) is 4.16. The molecule has 1 aromatic carbocycles. The largest absolute Gasteiger partial charge is 0.261 e. The first-order chi connectivity index (χ1) is 9.79. The molecule has 0 spiro atoms. The second-order valence-electron chi connectivity index (χ2n) is 4.50. The van der Waals surface area contributed by atoms with Crippen LogP contribution in [0.15, 0.2) is 53.8 Å². The Morgan fingerprint density at radius 2 is 2.00 bits per heavy atom. The first-order valence-corrected chi connectivity index (χ1v) is 6.79. The lowest BCUT2D eigenvalue weighted by atomic mass is 10.1. The predicted octanol–water partition coefficient (Wildman–Crippen LogP) is 4.23. The molecular formula is C16H18FN3. The molecule has 0 saturated carbocycles. The zero-order chi connectivity index (χ0) is 14.2. The van der Waals surface area contributed by atoms with Gasteiger partial charge in [0.1, 0.15) is 11.6 Å². The lowest BCUT2D eigenvalue weighted by Crippen LogP contribution is -2.05. The van der Waals surface area contributed by atoms with Crippen LogP contribution in [0.2, 0.25) is 0 Å². The second kappa shape index (κ2) is 7.38. The highest BCUT2D eigenvalue weighted by molar-refractivity contribution is 6.00. The van der Waals surface area contributed by atoms with Crippen molar-refractivity contribution < 1.29 is 4.39 Å². The quantitative estimate of drug-likeness (QED) is 0.630. The molecule has 3 nitrogen and oxygen atoms in total. The summed E-state index contributed by atoms with van der Waals surface area (Å²) in [6.07, 6.45) is 4.69. The molecule has 1 N–H and O–H groups in total. The van der Waals surface area contributed by atoms with E-state index in [1.54, 1.807) is 18.3 Å². The van der Waals surface area contributed by atoms with Gasteiger partial charge in [-0.1, -0.05) is 31.5 Å². The summed E-state index contributed by atoms with van der Waals surface area (Å²) in [5.74, 6) is 0.463. The fourth-order valence-corrected chi connectivity index (χ4v) is 1.80. The van der Waals surface area contributed by atoms with Crippen LogP contribution < -0.4 is 5.43 Å². The van der Waals surface area contributed by atoms with Gasteiger partial charge in [0.05, 0.1) is 5.71 Å². The van der Waals surface area contributed by atoms with Crippen LogP contribution in [0.3, 0.4) is 0 Å². The summed E-state index contributed by atoms with van der Waals surface area (Å²) in [5, 5.41) is 4.41. The van der Waals surface area contributed by atoms with E-state index in [9.17, 15) is 4.39 Å². The van der Waals surface area contributed by atoms with Crippen molar-refractivity contribution in [3.63, 3.8) is 0 Å². The Morgan fingerprint density at radius 1 is 1.20 bits per heavy atom. The fraction of sp³-hybridized carbons (Fsp3) is 0.250. The number of hydrogen-bond acceptors (Lipinski definition) is 3. The Bertz CT molecular complexity index is 550. The maximum Gasteiger partial charge on any atom is 0.146 e. The first-order valence-electron chi connectivity index (χ1n) is 6.79. The molecule has 104 valence electrons. The highest BCUT2D eigenvalue weighted by Crippen LogP contribution is 2.11. The predicted molar refractivity (Wildman–Crippen MR) is 80.3 cm³/mol. The standard InChI is InChI=1S/C16H18FN3/c1-2-3-6-15(13-8-10-14(17)11-9-13)19-20-16-7-4-5-12-18-16/h4-5,7-12H,2-3,6H2,1H3,(H,18,20)/b19-15-. The molecule has 0 amide bonds. The van der Waals surface area contributed by atoms with Crippen LogP contribution in [0.4, 0.5) is 10.2 Å². The Kier molecular flexibility index (Phi) is 5.24. The lowest BCUT2D eigenvalue weighted by molar-refractivity contribution is 0.627. The van der Waals surface area contributed by atoms with Gasteiger partial charge in [-0.15, -0.1) is 0 Å². The van der Waals surface area contributed by atoms with Crippen LogP contribution in [0.25, 0.3) is 0 Å². The number of pyridine rings is 1. The summed E-state index contributed by atoms with van der Waals surface area (Å²) in [6, 6.07) is 12.0. The summed E-state index contributed by atoms with van der Waals surface area (Å²) >= 11 is 0. The van der Waals surface area contributed by atoms with Crippen LogP contribution in [0, 0.1) is 5.82 Å². The van der Waals surface area contributed by atoms with E-state index in [4.69, 9.17) is 0 Å². The summed E-state index contributed by atoms with van der Waals surface area (Å²) < 4.78 is 13.0. The molecule has 1 aromatic heterocycles. The molecule has 0 unspecified atom stereocenters. The molecule has 2 aromatic rings. The molecule has 0 atom stereocenters. The number of rotatable bonds is 6. The van der Waals surface area contributed by atoms with Gasteiger partial charge in [-0.25, -0.2) is 9.37 Å². The Hall–Kier alpha value is -2.23. The summed E-state index contributed by atoms with van der Waals surface area (Å²) in [7, 11) is 0. The molecule has 0 aliphatic heterocycles. The van der Waals surface area contributed by atoms with E-state index in [2.05, 4.69) is 22.4 Å². The summed E-state index contributed by atoms with van der Waals surface area (Å²) in [5.41, 5.74) is 4.80. The van der Waals surface area contributed by atoms with Gasteiger partial charge >= 0.3 is 0 Å². The summed E-state index contributed by atoms with van der Waals surface area (Å²) in [6.45, 7) is 2.13. The van der Waals surface area contributed by atoms with E-state index in [0.717, 1.165) is 30.5 Å². The topological polar surface area (TPSA) is 37.3 Å². The molecule has 0 radical (unpaired) electrons. The Labute approximate surface area is 118 Å². The Morgan fingerprint density at radius 3 is 2.65 bits per heavy atom. The molecule has 20 heavy (non-hydrogen) atoms. The minimum atomic E-state index is -0.235. The molecule has 0 saturated heterocycles. The average Bonchev–Trinajstić information content (AvgIpc) is 2.50. The van der Waals surface area contributed by atoms with Crippen molar-refractivity contribution in [1.82, 2.24) is 4.98 Å². The highest BCUT2D eigenvalue weighted by atomic mass is 19.1. The van der Waals surface area contributed by atoms with Crippen molar-refractivity contribution in [3.8, 4) is 0 Å². The minimum Gasteiger partial charge on any atom is -0.261 e. The molecular weight excluding hydrogens is 253 g/mol. The number of anilines is 1. The molecule has 4 heteroatoms. The monoisotopic (exact) mass is 271 g/mol. The third kappa shape index (κ3) is 4.16. The number of halogens is 1. The average molecular weight is 271 g/mol. The molecule has 0 bridgehead atoms. The van der Waals surface area contributed by atoms with Crippen molar-refractivity contribution in [1.29, 1.82) is 0 Å². The van der Waals surface area contributed by atoms with E-state index in [-0.39, 0.29) is 5.82 Å². The fourth-order valence-electron chi connectivity index (χ4n) is 1.80. The van der Waals surface area contributed by atoms with Gasteiger partial charge in [0.2, 0.25) is 0 Å². The Balaban J connectivity index is 2.16. The number of hydrazone groups is 1. The van der Waals surface area contributed by atoms with Gasteiger partial charge in [0, 0.05) is 6.20 Å². The van der Waals surface area contributed by atoms with E-state index in [0.29, 0.717) is 5.82 Å². The van der Waals surface area contributed by atoms with E-state index >= 15 is 0 Å². The van der Waals surface area contributed by atoms with Crippen LogP contribution in [0.1, 0.15) is 31.7 Å². The highest BCUT2D eigenvalue weighted by Gasteiger charge is 2.04. The smallest absolute Gasteiger partial charge is 0.146 e. The van der Waals surface area contributed by atoms with Gasteiger partial charge in [0.15, 0.2) is 0 Å². The van der Waals surface area contributed by atoms with Crippen molar-refractivity contribution >= 4 is 11.5 Å². The minimum absolute atomic E-state index is 0.235. The zero-order valence-electron chi connectivity index (χ0n) is 11.5. The van der Waals surface area contributed by atoms with Crippen molar-refractivity contribution in [3.05, 3.63) is 60.0 Å². The number of aromatic nitrogens is 1. The second-order valence-corrected chi connectivity index (χ2v) is 4.50. The maximum atomic E-state index is 13.0.